The number of nitrogens with one attached hydrogen (secondary N) is 5. The van der Waals surface area contributed by atoms with Crippen molar-refractivity contribution in [2.24, 2.45) is 5.92 Å². The molecule has 2 atom stereocenters. The average molecular weight is 741 g/mol. The minimum absolute atomic E-state index is 0.0320. The standard InChI is InChI=1S/C36H45ClN6O9/c1-23(2)32(42-29(44)8-4-3-5-20-43-30(45)17-18-31(43)46)34(48)41-28(7-6-19-38-35(49)50)33(47)39-26-15-11-25(12-16-26)22-52-36(51)40-27-13-9-24(21-37)10-14-27/h9-18,23,28,32,38H,3-8,19-22H2,1-2H3,(H,39,47)(H,40,51)(H,41,48)(H,42,44)(H,49,50)/t28-,32?/m0/s1. The van der Waals surface area contributed by atoms with E-state index in [2.05, 4.69) is 26.6 Å². The van der Waals surface area contributed by atoms with Crippen LogP contribution in [0.15, 0.2) is 60.7 Å². The summed E-state index contributed by atoms with van der Waals surface area (Å²) in [6, 6.07) is 11.5. The quantitative estimate of drug-likeness (QED) is 0.0649. The van der Waals surface area contributed by atoms with Gasteiger partial charge in [-0.2, -0.15) is 0 Å². The zero-order chi connectivity index (χ0) is 38.0. The molecule has 3 rings (SSSR count). The van der Waals surface area contributed by atoms with Crippen LogP contribution in [-0.2, 0) is 41.2 Å². The number of benzene rings is 2. The highest BCUT2D eigenvalue weighted by molar-refractivity contribution is 6.17. The van der Waals surface area contributed by atoms with Gasteiger partial charge in [0, 0.05) is 48.9 Å². The maximum absolute atomic E-state index is 13.4. The summed E-state index contributed by atoms with van der Waals surface area (Å²) in [6.07, 6.45) is 2.64. The van der Waals surface area contributed by atoms with Crippen LogP contribution in [0.25, 0.3) is 0 Å². The van der Waals surface area contributed by atoms with E-state index in [-0.39, 0.29) is 62.6 Å². The summed E-state index contributed by atoms with van der Waals surface area (Å²) in [5.41, 5.74) is 2.52. The largest absolute Gasteiger partial charge is 0.465 e. The number of ether oxygens (including phenoxy) is 1. The zero-order valence-electron chi connectivity index (χ0n) is 29.1. The second-order valence-corrected chi connectivity index (χ2v) is 12.7. The number of alkyl halides is 1. The van der Waals surface area contributed by atoms with Crippen LogP contribution in [0, 0.1) is 5.92 Å². The lowest BCUT2D eigenvalue weighted by molar-refractivity contribution is -0.137. The Bertz CT molecular complexity index is 1580. The Balaban J connectivity index is 1.51. The van der Waals surface area contributed by atoms with Gasteiger partial charge in [-0.1, -0.05) is 44.5 Å². The van der Waals surface area contributed by atoms with Crippen LogP contribution in [0.3, 0.4) is 0 Å². The molecule has 280 valence electrons. The van der Waals surface area contributed by atoms with E-state index in [1.807, 2.05) is 0 Å². The second-order valence-electron chi connectivity index (χ2n) is 12.4. The number of hydrogen-bond donors (Lipinski definition) is 6. The van der Waals surface area contributed by atoms with E-state index in [1.165, 1.54) is 12.2 Å². The average Bonchev–Trinajstić information content (AvgIpc) is 3.43. The van der Waals surface area contributed by atoms with Crippen molar-refractivity contribution in [1.82, 2.24) is 20.9 Å². The van der Waals surface area contributed by atoms with Gasteiger partial charge >= 0.3 is 12.2 Å². The van der Waals surface area contributed by atoms with E-state index in [4.69, 9.17) is 21.4 Å². The molecule has 15 nitrogen and oxygen atoms in total. The molecule has 52 heavy (non-hydrogen) atoms. The highest BCUT2D eigenvalue weighted by Crippen LogP contribution is 2.15. The molecule has 0 bridgehead atoms. The normalized spacial score (nSPS) is 13.3. The van der Waals surface area contributed by atoms with Crippen LogP contribution in [-0.4, -0.2) is 76.9 Å². The van der Waals surface area contributed by atoms with Crippen molar-refractivity contribution in [3.8, 4) is 0 Å². The van der Waals surface area contributed by atoms with Crippen LogP contribution in [0.2, 0.25) is 0 Å². The van der Waals surface area contributed by atoms with Gasteiger partial charge in [-0.05, 0) is 67.0 Å². The van der Waals surface area contributed by atoms with Gasteiger partial charge in [0.15, 0.2) is 0 Å². The molecule has 16 heteroatoms. The summed E-state index contributed by atoms with van der Waals surface area (Å²) in [7, 11) is 0. The molecule has 0 aliphatic carbocycles. The minimum atomic E-state index is -1.22. The molecule has 0 aromatic heterocycles. The second kappa shape index (κ2) is 21.0. The molecule has 2 aromatic carbocycles. The minimum Gasteiger partial charge on any atom is -0.465 e. The molecule has 6 N–H and O–H groups in total. The number of rotatable bonds is 20. The van der Waals surface area contributed by atoms with Gasteiger partial charge < -0.3 is 31.1 Å². The Kier molecular flexibility index (Phi) is 16.6. The molecule has 7 amide bonds. The molecule has 0 saturated heterocycles. The Morgan fingerprint density at radius 3 is 2.00 bits per heavy atom. The number of hydrogen-bond acceptors (Lipinski definition) is 8. The third-order valence-electron chi connectivity index (χ3n) is 7.98. The number of anilines is 2. The Labute approximate surface area is 306 Å². The van der Waals surface area contributed by atoms with E-state index >= 15 is 0 Å². The number of imide groups is 1. The third kappa shape index (κ3) is 14.1. The number of unbranched alkanes of at least 4 members (excludes halogenated alkanes) is 2. The molecule has 0 radical (unpaired) electrons. The van der Waals surface area contributed by atoms with Gasteiger partial charge in [0.25, 0.3) is 11.8 Å². The molecular formula is C36H45ClN6O9. The first-order valence-corrected chi connectivity index (χ1v) is 17.5. The number of carboxylic acid groups (broad SMARTS) is 1. The highest BCUT2D eigenvalue weighted by atomic mass is 35.5. The molecule has 1 heterocycles. The van der Waals surface area contributed by atoms with E-state index in [0.29, 0.717) is 42.1 Å². The number of carbonyl (C=O) groups excluding carboxylic acids is 6. The number of amides is 7. The first-order valence-electron chi connectivity index (χ1n) is 16.9. The van der Waals surface area contributed by atoms with Crippen molar-refractivity contribution in [2.45, 2.75) is 76.9 Å². The lowest BCUT2D eigenvalue weighted by Crippen LogP contribution is -2.54. The van der Waals surface area contributed by atoms with Crippen molar-refractivity contribution in [3.05, 3.63) is 71.8 Å². The lowest BCUT2D eigenvalue weighted by atomic mass is 10.0. The van der Waals surface area contributed by atoms with Crippen LogP contribution >= 0.6 is 11.6 Å². The zero-order valence-corrected chi connectivity index (χ0v) is 29.9. The van der Waals surface area contributed by atoms with Crippen molar-refractivity contribution < 1.29 is 43.4 Å². The van der Waals surface area contributed by atoms with Gasteiger partial charge in [-0.15, -0.1) is 11.6 Å². The molecule has 1 aliphatic rings. The van der Waals surface area contributed by atoms with Crippen LogP contribution in [0.5, 0.6) is 0 Å². The summed E-state index contributed by atoms with van der Waals surface area (Å²) in [5, 5.41) is 22.0. The summed E-state index contributed by atoms with van der Waals surface area (Å²) < 4.78 is 5.28. The monoisotopic (exact) mass is 740 g/mol. The van der Waals surface area contributed by atoms with E-state index in [0.717, 1.165) is 10.5 Å². The Morgan fingerprint density at radius 2 is 1.40 bits per heavy atom. The molecule has 1 aliphatic heterocycles. The first kappa shape index (κ1) is 41.0. The summed E-state index contributed by atoms with van der Waals surface area (Å²) in [6.45, 7) is 3.79. The predicted octanol–water partition coefficient (Wildman–Crippen LogP) is 4.27. The topological polar surface area (TPSA) is 212 Å². The summed E-state index contributed by atoms with van der Waals surface area (Å²) in [4.78, 5) is 87.1. The Hall–Kier alpha value is -5.44. The first-order chi connectivity index (χ1) is 24.9. The third-order valence-corrected chi connectivity index (χ3v) is 8.29. The van der Waals surface area contributed by atoms with Gasteiger partial charge in [-0.25, -0.2) is 9.59 Å². The predicted molar refractivity (Wildman–Crippen MR) is 193 cm³/mol. The van der Waals surface area contributed by atoms with Crippen molar-refractivity contribution in [1.29, 1.82) is 0 Å². The van der Waals surface area contributed by atoms with Gasteiger partial charge in [0.1, 0.15) is 18.7 Å². The molecule has 0 fully saturated rings. The van der Waals surface area contributed by atoms with Crippen molar-refractivity contribution in [2.75, 3.05) is 23.7 Å². The molecule has 2 aromatic rings. The van der Waals surface area contributed by atoms with E-state index in [1.54, 1.807) is 62.4 Å². The van der Waals surface area contributed by atoms with Gasteiger partial charge in [-0.3, -0.25) is 34.2 Å². The number of halogens is 1. The summed E-state index contributed by atoms with van der Waals surface area (Å²) in [5.74, 6) is -2.16. The summed E-state index contributed by atoms with van der Waals surface area (Å²) >= 11 is 5.79. The van der Waals surface area contributed by atoms with Crippen LogP contribution in [0.4, 0.5) is 21.0 Å². The lowest BCUT2D eigenvalue weighted by Gasteiger charge is -2.25. The molecule has 0 saturated carbocycles. The van der Waals surface area contributed by atoms with Crippen molar-refractivity contribution in [3.63, 3.8) is 0 Å². The van der Waals surface area contributed by atoms with E-state index < -0.39 is 36.1 Å². The maximum atomic E-state index is 13.4. The fraction of sp³-hybridized carbons (Fsp3) is 0.417. The van der Waals surface area contributed by atoms with Gasteiger partial charge in [0.2, 0.25) is 17.7 Å². The van der Waals surface area contributed by atoms with Crippen LogP contribution in [0.1, 0.15) is 63.5 Å². The molecular weight excluding hydrogens is 696 g/mol. The number of carbonyl (C=O) groups is 7. The maximum Gasteiger partial charge on any atom is 0.411 e. The highest BCUT2D eigenvalue weighted by Gasteiger charge is 2.29. The van der Waals surface area contributed by atoms with Crippen molar-refractivity contribution >= 4 is 64.7 Å². The Morgan fingerprint density at radius 1 is 0.788 bits per heavy atom. The van der Waals surface area contributed by atoms with Crippen LogP contribution < -0.4 is 26.6 Å². The van der Waals surface area contributed by atoms with Gasteiger partial charge in [0.05, 0.1) is 0 Å². The fourth-order valence-corrected chi connectivity index (χ4v) is 5.27. The molecule has 0 spiro atoms. The smallest absolute Gasteiger partial charge is 0.411 e. The SMILES string of the molecule is CC(C)C(NC(=O)CCCCCN1C(=O)C=CC1=O)C(=O)N[C@@H](CCCNC(=O)O)C(=O)Nc1ccc(COC(=O)Nc2ccc(CCl)cc2)cc1. The number of nitrogens with zero attached hydrogens (tertiary/aromatic N) is 1. The molecule has 1 unspecified atom stereocenters. The van der Waals surface area contributed by atoms with E-state index in [9.17, 15) is 33.6 Å². The fourth-order valence-electron chi connectivity index (χ4n) is 5.09.